The molecule has 5 rings (SSSR count). The van der Waals surface area contributed by atoms with Gasteiger partial charge in [-0.1, -0.05) is 62.4 Å². The molecule has 0 bridgehead atoms. The second kappa shape index (κ2) is 7.93. The van der Waals surface area contributed by atoms with Gasteiger partial charge in [-0.3, -0.25) is 0 Å². The summed E-state index contributed by atoms with van der Waals surface area (Å²) in [5, 5.41) is 28.6. The van der Waals surface area contributed by atoms with Crippen molar-refractivity contribution in [2.45, 2.75) is 19.3 Å². The molecule has 1 aliphatic heterocycles. The fourth-order valence-electron chi connectivity index (χ4n) is 4.92. The van der Waals surface area contributed by atoms with Gasteiger partial charge in [0, 0.05) is 16.7 Å². The van der Waals surface area contributed by atoms with Gasteiger partial charge in [-0.2, -0.15) is 15.8 Å². The van der Waals surface area contributed by atoms with Gasteiger partial charge in [0.05, 0.1) is 46.3 Å². The summed E-state index contributed by atoms with van der Waals surface area (Å²) >= 11 is 0. The van der Waals surface area contributed by atoms with Gasteiger partial charge in [0.1, 0.15) is 0 Å². The molecule has 4 heteroatoms. The number of nitriles is 3. The van der Waals surface area contributed by atoms with E-state index in [1.54, 1.807) is 0 Å². The lowest BCUT2D eigenvalue weighted by Crippen LogP contribution is -2.30. The van der Waals surface area contributed by atoms with Crippen LogP contribution in [0.25, 0.3) is 11.1 Å². The lowest BCUT2D eigenvalue weighted by atomic mass is 9.73. The Balaban J connectivity index is 1.67. The monoisotopic (exact) mass is 436 g/mol. The largest absolute Gasteiger partial charge is 0.310 e. The van der Waals surface area contributed by atoms with E-state index >= 15 is 0 Å². The zero-order valence-corrected chi connectivity index (χ0v) is 18.9. The fourth-order valence-corrected chi connectivity index (χ4v) is 4.92. The number of hydrogen-bond acceptors (Lipinski definition) is 4. The molecule has 0 saturated carbocycles. The maximum atomic E-state index is 9.67. The van der Waals surface area contributed by atoms with Crippen molar-refractivity contribution in [2.75, 3.05) is 4.90 Å². The predicted molar refractivity (Wildman–Crippen MR) is 133 cm³/mol. The summed E-state index contributed by atoms with van der Waals surface area (Å²) in [4.78, 5) is 2.26. The van der Waals surface area contributed by atoms with Gasteiger partial charge < -0.3 is 4.90 Å². The minimum atomic E-state index is -0.129. The topological polar surface area (TPSA) is 74.6 Å². The SMILES string of the molecule is CC1(C)c2ccccc2N(c2ccc(-c3c(C#N)cc(C#N)cc3C#N)cc2)c2ccccc21. The van der Waals surface area contributed by atoms with Crippen LogP contribution in [0.1, 0.15) is 41.7 Å². The van der Waals surface area contributed by atoms with E-state index in [-0.39, 0.29) is 5.41 Å². The molecule has 160 valence electrons. The second-order valence-corrected chi connectivity index (χ2v) is 8.82. The molecule has 0 fully saturated rings. The van der Waals surface area contributed by atoms with Crippen LogP contribution in [0.4, 0.5) is 17.1 Å². The molecule has 0 spiro atoms. The standard InChI is InChI=1S/C30H20N4/c1-30(2)25-7-3-5-9-27(25)34(28-10-6-4-8-26(28)30)24-13-11-21(12-14-24)29-22(18-32)15-20(17-31)16-23(29)19-33/h3-16H,1-2H3. The number of nitrogens with zero attached hydrogens (tertiary/aromatic N) is 4. The summed E-state index contributed by atoms with van der Waals surface area (Å²) in [6, 6.07) is 34.2. The van der Waals surface area contributed by atoms with E-state index < -0.39 is 0 Å². The normalized spacial score (nSPS) is 13.1. The molecule has 0 saturated heterocycles. The van der Waals surface area contributed by atoms with E-state index in [9.17, 15) is 15.8 Å². The summed E-state index contributed by atoms with van der Waals surface area (Å²) in [6.07, 6.45) is 0. The van der Waals surface area contributed by atoms with E-state index in [2.05, 4.69) is 79.4 Å². The number of anilines is 3. The molecule has 4 aromatic rings. The number of hydrogen-bond donors (Lipinski definition) is 0. The van der Waals surface area contributed by atoms with Crippen LogP contribution in [0.2, 0.25) is 0 Å². The van der Waals surface area contributed by atoms with Crippen molar-refractivity contribution in [2.24, 2.45) is 0 Å². The predicted octanol–water partition coefficient (Wildman–Crippen LogP) is 7.08. The van der Waals surface area contributed by atoms with Gasteiger partial charge in [-0.05, 0) is 53.1 Å². The van der Waals surface area contributed by atoms with Gasteiger partial charge in [-0.15, -0.1) is 0 Å². The Morgan fingerprint density at radius 2 is 1.15 bits per heavy atom. The molecule has 4 aromatic carbocycles. The van der Waals surface area contributed by atoms with Crippen LogP contribution in [-0.4, -0.2) is 0 Å². The summed E-state index contributed by atoms with van der Waals surface area (Å²) < 4.78 is 0. The first-order chi connectivity index (χ1) is 16.5. The maximum Gasteiger partial charge on any atom is 0.0999 e. The molecule has 0 N–H and O–H groups in total. The van der Waals surface area contributed by atoms with Gasteiger partial charge in [0.2, 0.25) is 0 Å². The maximum absolute atomic E-state index is 9.67. The third-order valence-electron chi connectivity index (χ3n) is 6.56. The average Bonchev–Trinajstić information content (AvgIpc) is 2.88. The van der Waals surface area contributed by atoms with Crippen LogP contribution in [-0.2, 0) is 5.41 Å². The average molecular weight is 437 g/mol. The molecule has 34 heavy (non-hydrogen) atoms. The molecule has 0 amide bonds. The zero-order valence-electron chi connectivity index (χ0n) is 18.9. The molecule has 4 nitrogen and oxygen atoms in total. The highest BCUT2D eigenvalue weighted by Gasteiger charge is 2.36. The van der Waals surface area contributed by atoms with E-state index in [0.717, 1.165) is 22.6 Å². The minimum absolute atomic E-state index is 0.129. The number of rotatable bonds is 2. The van der Waals surface area contributed by atoms with Crippen LogP contribution in [0, 0.1) is 34.0 Å². The number of fused-ring (bicyclic) bond motifs is 2. The molecule has 1 aliphatic rings. The lowest BCUT2D eigenvalue weighted by Gasteiger charge is -2.42. The molecule has 0 aliphatic carbocycles. The Morgan fingerprint density at radius 1 is 0.647 bits per heavy atom. The Labute approximate surface area is 199 Å². The Kier molecular flexibility index (Phi) is 4.90. The molecule has 0 atom stereocenters. The van der Waals surface area contributed by atoms with Crippen LogP contribution in [0.15, 0.2) is 84.9 Å². The van der Waals surface area contributed by atoms with Gasteiger partial charge in [-0.25, -0.2) is 0 Å². The van der Waals surface area contributed by atoms with Crippen molar-refractivity contribution in [1.82, 2.24) is 0 Å². The minimum Gasteiger partial charge on any atom is -0.310 e. The Hall–Kier alpha value is -4.85. The highest BCUT2D eigenvalue weighted by atomic mass is 15.2. The highest BCUT2D eigenvalue weighted by Crippen LogP contribution is 2.51. The zero-order chi connectivity index (χ0) is 23.9. The van der Waals surface area contributed by atoms with Crippen molar-refractivity contribution in [3.05, 3.63) is 113 Å². The van der Waals surface area contributed by atoms with Crippen molar-refractivity contribution >= 4 is 17.1 Å². The van der Waals surface area contributed by atoms with Crippen molar-refractivity contribution in [3.8, 4) is 29.3 Å². The molecule has 0 radical (unpaired) electrons. The molecular weight excluding hydrogens is 416 g/mol. The molecule has 1 heterocycles. The van der Waals surface area contributed by atoms with E-state index in [0.29, 0.717) is 22.3 Å². The van der Waals surface area contributed by atoms with Crippen LogP contribution >= 0.6 is 0 Å². The van der Waals surface area contributed by atoms with Crippen LogP contribution in [0.5, 0.6) is 0 Å². The number of para-hydroxylation sites is 2. The molecule has 0 aromatic heterocycles. The second-order valence-electron chi connectivity index (χ2n) is 8.82. The summed E-state index contributed by atoms with van der Waals surface area (Å²) in [5.74, 6) is 0. The quantitative estimate of drug-likeness (QED) is 0.336. The van der Waals surface area contributed by atoms with Crippen LogP contribution in [0.3, 0.4) is 0 Å². The third kappa shape index (κ3) is 3.12. The van der Waals surface area contributed by atoms with E-state index in [4.69, 9.17) is 0 Å². The van der Waals surface area contributed by atoms with Crippen molar-refractivity contribution in [1.29, 1.82) is 15.8 Å². The Morgan fingerprint density at radius 3 is 1.62 bits per heavy atom. The highest BCUT2D eigenvalue weighted by molar-refractivity contribution is 5.87. The van der Waals surface area contributed by atoms with E-state index in [1.165, 1.54) is 23.3 Å². The van der Waals surface area contributed by atoms with Crippen LogP contribution < -0.4 is 4.90 Å². The first-order valence-electron chi connectivity index (χ1n) is 11.0. The van der Waals surface area contributed by atoms with Gasteiger partial charge >= 0.3 is 0 Å². The lowest BCUT2D eigenvalue weighted by molar-refractivity contribution is 0.632. The van der Waals surface area contributed by atoms with Gasteiger partial charge in [0.25, 0.3) is 0 Å². The smallest absolute Gasteiger partial charge is 0.0999 e. The first kappa shape index (κ1) is 21.0. The summed E-state index contributed by atoms with van der Waals surface area (Å²) in [7, 11) is 0. The van der Waals surface area contributed by atoms with Crippen molar-refractivity contribution < 1.29 is 0 Å². The third-order valence-corrected chi connectivity index (χ3v) is 6.56. The summed E-state index contributed by atoms with van der Waals surface area (Å²) in [5.41, 5.74) is 7.89. The summed E-state index contributed by atoms with van der Waals surface area (Å²) in [6.45, 7) is 4.51. The fraction of sp³-hybridized carbons (Fsp3) is 0.100. The number of benzene rings is 4. The Bertz CT molecular complexity index is 1470. The van der Waals surface area contributed by atoms with Gasteiger partial charge in [0.15, 0.2) is 0 Å². The van der Waals surface area contributed by atoms with E-state index in [1.807, 2.05) is 30.3 Å². The molecular formula is C30H20N4. The van der Waals surface area contributed by atoms with Crippen molar-refractivity contribution in [3.63, 3.8) is 0 Å². The molecule has 0 unspecified atom stereocenters. The first-order valence-corrected chi connectivity index (χ1v) is 11.0.